The van der Waals surface area contributed by atoms with Gasteiger partial charge in [-0.25, -0.2) is 9.59 Å². The van der Waals surface area contributed by atoms with Crippen molar-refractivity contribution < 1.29 is 24.2 Å². The van der Waals surface area contributed by atoms with Gasteiger partial charge in [-0.1, -0.05) is 54.1 Å². The van der Waals surface area contributed by atoms with Crippen molar-refractivity contribution in [2.75, 3.05) is 6.54 Å². The monoisotopic (exact) mass is 522 g/mol. The van der Waals surface area contributed by atoms with Crippen molar-refractivity contribution in [2.24, 2.45) is 0 Å². The highest BCUT2D eigenvalue weighted by molar-refractivity contribution is 6.30. The van der Waals surface area contributed by atoms with Gasteiger partial charge in [0.25, 0.3) is 0 Å². The molecule has 1 N–H and O–H groups in total. The molecule has 0 spiro atoms. The maximum Gasteiger partial charge on any atom is 0.410 e. The van der Waals surface area contributed by atoms with Crippen LogP contribution in [0.25, 0.3) is 11.1 Å². The van der Waals surface area contributed by atoms with Gasteiger partial charge in [-0.2, -0.15) is 0 Å². The molecule has 194 valence electrons. The molecular formula is C29H31ClN2O5. The van der Waals surface area contributed by atoms with E-state index >= 15 is 0 Å². The number of carbonyl (C=O) groups is 2. The van der Waals surface area contributed by atoms with Gasteiger partial charge in [-0.15, -0.1) is 0 Å². The summed E-state index contributed by atoms with van der Waals surface area (Å²) < 4.78 is 11.6. The molecule has 1 aromatic heterocycles. The molecular weight excluding hydrogens is 492 g/mol. The van der Waals surface area contributed by atoms with E-state index in [-0.39, 0.29) is 13.2 Å². The molecule has 0 saturated heterocycles. The van der Waals surface area contributed by atoms with E-state index in [1.165, 1.54) is 0 Å². The Labute approximate surface area is 222 Å². The largest absolute Gasteiger partial charge is 0.479 e. The molecule has 1 aliphatic rings. The summed E-state index contributed by atoms with van der Waals surface area (Å²) in [6.07, 6.45) is -1.15. The van der Waals surface area contributed by atoms with E-state index in [2.05, 4.69) is 0 Å². The van der Waals surface area contributed by atoms with Gasteiger partial charge in [0.2, 0.25) is 0 Å². The number of hydrogen-bond acceptors (Lipinski definition) is 5. The summed E-state index contributed by atoms with van der Waals surface area (Å²) >= 11 is 6.16. The van der Waals surface area contributed by atoms with Gasteiger partial charge in [-0.3, -0.25) is 4.98 Å². The number of hydrogen-bond donors (Lipinski definition) is 1. The van der Waals surface area contributed by atoms with Crippen LogP contribution in [-0.2, 0) is 33.8 Å². The number of rotatable bonds is 6. The quantitative estimate of drug-likeness (QED) is 0.406. The Morgan fingerprint density at radius 3 is 2.41 bits per heavy atom. The Balaban J connectivity index is 1.76. The number of carbonyl (C=O) groups excluding carboxylic acids is 1. The number of halogens is 1. The van der Waals surface area contributed by atoms with Gasteiger partial charge in [0.15, 0.2) is 6.10 Å². The van der Waals surface area contributed by atoms with Crippen LogP contribution >= 0.6 is 11.6 Å². The van der Waals surface area contributed by atoms with Crippen LogP contribution < -0.4 is 0 Å². The van der Waals surface area contributed by atoms with Crippen molar-refractivity contribution in [1.82, 2.24) is 9.88 Å². The van der Waals surface area contributed by atoms with Crippen LogP contribution in [0.5, 0.6) is 0 Å². The third-order valence-electron chi connectivity index (χ3n) is 6.13. The molecule has 2 aromatic carbocycles. The number of nitrogens with zero attached hydrogens (tertiary/aromatic N) is 2. The molecule has 0 fully saturated rings. The van der Waals surface area contributed by atoms with E-state index in [9.17, 15) is 14.7 Å². The second kappa shape index (κ2) is 10.9. The number of fused-ring (bicyclic) bond motifs is 1. The minimum Gasteiger partial charge on any atom is -0.479 e. The number of aromatic nitrogens is 1. The first kappa shape index (κ1) is 26.6. The zero-order chi connectivity index (χ0) is 26.7. The second-order valence-electron chi connectivity index (χ2n) is 10.1. The molecule has 8 heteroatoms. The Hall–Kier alpha value is -3.42. The number of carboxylic acids is 1. The number of ether oxygens (including phenoxy) is 2. The van der Waals surface area contributed by atoms with Crippen LogP contribution in [0.15, 0.2) is 54.6 Å². The molecule has 1 unspecified atom stereocenters. The molecule has 0 radical (unpaired) electrons. The van der Waals surface area contributed by atoms with Crippen LogP contribution in [0.1, 0.15) is 55.0 Å². The van der Waals surface area contributed by atoms with Crippen molar-refractivity contribution in [3.63, 3.8) is 0 Å². The van der Waals surface area contributed by atoms with E-state index in [4.69, 9.17) is 26.1 Å². The average Bonchev–Trinajstić information content (AvgIpc) is 2.85. The predicted octanol–water partition coefficient (Wildman–Crippen LogP) is 6.35. The fourth-order valence-electron chi connectivity index (χ4n) is 4.53. The summed E-state index contributed by atoms with van der Waals surface area (Å²) in [6.45, 7) is 8.11. The normalized spacial score (nSPS) is 14.1. The third-order valence-corrected chi connectivity index (χ3v) is 6.39. The lowest BCUT2D eigenvalue weighted by molar-refractivity contribution is -0.160. The lowest BCUT2D eigenvalue weighted by Crippen LogP contribution is -2.37. The Morgan fingerprint density at radius 2 is 1.78 bits per heavy atom. The minimum absolute atomic E-state index is 0.172. The van der Waals surface area contributed by atoms with Gasteiger partial charge in [-0.05, 0) is 56.5 Å². The number of aliphatic carboxylic acids is 1. The van der Waals surface area contributed by atoms with Crippen molar-refractivity contribution in [1.29, 1.82) is 0 Å². The molecule has 4 rings (SSSR count). The molecule has 37 heavy (non-hydrogen) atoms. The van der Waals surface area contributed by atoms with Gasteiger partial charge in [0.05, 0.1) is 12.1 Å². The lowest BCUT2D eigenvalue weighted by atomic mass is 9.87. The molecule has 7 nitrogen and oxygen atoms in total. The molecule has 1 atom stereocenters. The Kier molecular flexibility index (Phi) is 7.85. The number of carboxylic acid groups (broad SMARTS) is 1. The summed E-state index contributed by atoms with van der Waals surface area (Å²) in [5, 5.41) is 10.8. The summed E-state index contributed by atoms with van der Waals surface area (Å²) in [5.74, 6) is -1.11. The Morgan fingerprint density at radius 1 is 1.11 bits per heavy atom. The first-order valence-corrected chi connectivity index (χ1v) is 12.6. The van der Waals surface area contributed by atoms with Crippen molar-refractivity contribution in [2.45, 2.75) is 59.0 Å². The fourth-order valence-corrected chi connectivity index (χ4v) is 4.65. The molecule has 0 aliphatic carbocycles. The minimum atomic E-state index is -1.25. The molecule has 0 bridgehead atoms. The molecule has 1 amide bonds. The Bertz CT molecular complexity index is 1290. The standard InChI is InChI=1S/C29H31ClN2O5/c1-18-24(26(27(33)34)37-29(2,3)4)25(20-10-12-21(30)13-11-20)22-16-32(15-14-23(22)31-18)28(35)36-17-19-8-6-5-7-9-19/h5-13,26H,14-17H2,1-4H3,(H,33,34). The highest BCUT2D eigenvalue weighted by atomic mass is 35.5. The van der Waals surface area contributed by atoms with Crippen molar-refractivity contribution in [3.05, 3.63) is 87.7 Å². The van der Waals surface area contributed by atoms with Crippen LogP contribution in [0.4, 0.5) is 4.79 Å². The summed E-state index contributed by atoms with van der Waals surface area (Å²) in [6, 6.07) is 16.7. The average molecular weight is 523 g/mol. The predicted molar refractivity (Wildman–Crippen MR) is 141 cm³/mol. The molecule has 0 saturated carbocycles. The lowest BCUT2D eigenvalue weighted by Gasteiger charge is -2.33. The maximum absolute atomic E-state index is 13.0. The third kappa shape index (κ3) is 6.29. The summed E-state index contributed by atoms with van der Waals surface area (Å²) in [4.78, 5) is 31.9. The van der Waals surface area contributed by atoms with Crippen LogP contribution in [-0.4, -0.2) is 39.2 Å². The van der Waals surface area contributed by atoms with E-state index in [1.807, 2.05) is 63.2 Å². The van der Waals surface area contributed by atoms with Gasteiger partial charge in [0, 0.05) is 40.5 Å². The van der Waals surface area contributed by atoms with Crippen LogP contribution in [0.3, 0.4) is 0 Å². The smallest absolute Gasteiger partial charge is 0.410 e. The molecule has 1 aliphatic heterocycles. The number of amides is 1. The van der Waals surface area contributed by atoms with Crippen molar-refractivity contribution >= 4 is 23.7 Å². The second-order valence-corrected chi connectivity index (χ2v) is 10.5. The number of pyridine rings is 1. The topological polar surface area (TPSA) is 89.0 Å². The SMILES string of the molecule is Cc1nc2c(c(-c3ccc(Cl)cc3)c1C(OC(C)(C)C)C(=O)O)CN(C(=O)OCc1ccccc1)CC2. The molecule has 2 heterocycles. The van der Waals surface area contributed by atoms with Gasteiger partial charge < -0.3 is 19.5 Å². The fraction of sp³-hybridized carbons (Fsp3) is 0.345. The van der Waals surface area contributed by atoms with E-state index in [0.717, 1.165) is 22.4 Å². The zero-order valence-electron chi connectivity index (χ0n) is 21.5. The van der Waals surface area contributed by atoms with Gasteiger partial charge in [0.1, 0.15) is 6.61 Å². The van der Waals surface area contributed by atoms with E-state index < -0.39 is 23.8 Å². The van der Waals surface area contributed by atoms with Crippen LogP contribution in [0, 0.1) is 6.92 Å². The summed E-state index contributed by atoms with van der Waals surface area (Å²) in [5.41, 5.74) is 4.35. The van der Waals surface area contributed by atoms with E-state index in [1.54, 1.807) is 24.0 Å². The summed E-state index contributed by atoms with van der Waals surface area (Å²) in [7, 11) is 0. The number of aryl methyl sites for hydroxylation is 1. The zero-order valence-corrected chi connectivity index (χ0v) is 22.2. The highest BCUT2D eigenvalue weighted by Crippen LogP contribution is 2.40. The maximum atomic E-state index is 13.0. The number of benzene rings is 2. The first-order chi connectivity index (χ1) is 17.5. The highest BCUT2D eigenvalue weighted by Gasteiger charge is 2.35. The van der Waals surface area contributed by atoms with Crippen LogP contribution in [0.2, 0.25) is 5.02 Å². The van der Waals surface area contributed by atoms with Gasteiger partial charge >= 0.3 is 12.1 Å². The first-order valence-electron chi connectivity index (χ1n) is 12.2. The van der Waals surface area contributed by atoms with E-state index in [0.29, 0.717) is 34.8 Å². The van der Waals surface area contributed by atoms with Crippen molar-refractivity contribution in [3.8, 4) is 11.1 Å². The molecule has 3 aromatic rings.